The Morgan fingerprint density at radius 3 is 2.43 bits per heavy atom. The maximum atomic E-state index is 12.7. The summed E-state index contributed by atoms with van der Waals surface area (Å²) in [6, 6.07) is 2.65. The quantitative estimate of drug-likeness (QED) is 0.617. The number of nitro benzene ring substituents is 1. The Labute approximate surface area is 136 Å². The number of hydrogen-bond donors (Lipinski definition) is 0. The number of hydrogen-bond acceptors (Lipinski definition) is 4. The molecule has 1 aromatic carbocycles. The standard InChI is InChI=1S/C14H15ClF3N3O2/c15-4-1-5-19-6-8-20(9-7-19)12-3-2-11(14(16,17)18)10-13(12)21(22)23/h1-4,10H,5-9H2/b4-1+. The molecule has 1 saturated heterocycles. The van der Waals surface area contributed by atoms with Crippen LogP contribution in [-0.4, -0.2) is 42.5 Å². The molecular weight excluding hydrogens is 335 g/mol. The molecule has 0 atom stereocenters. The molecule has 1 aromatic rings. The predicted molar refractivity (Wildman–Crippen MR) is 81.7 cm³/mol. The summed E-state index contributed by atoms with van der Waals surface area (Å²) in [7, 11) is 0. The topological polar surface area (TPSA) is 49.6 Å². The maximum absolute atomic E-state index is 12.7. The van der Waals surface area contributed by atoms with E-state index < -0.39 is 22.4 Å². The zero-order chi connectivity index (χ0) is 17.0. The maximum Gasteiger partial charge on any atom is 0.416 e. The van der Waals surface area contributed by atoms with E-state index in [4.69, 9.17) is 11.6 Å². The Morgan fingerprint density at radius 2 is 1.91 bits per heavy atom. The zero-order valence-electron chi connectivity index (χ0n) is 12.1. The van der Waals surface area contributed by atoms with Gasteiger partial charge in [-0.25, -0.2) is 0 Å². The average molecular weight is 350 g/mol. The van der Waals surface area contributed by atoms with Gasteiger partial charge in [-0.3, -0.25) is 15.0 Å². The third kappa shape index (κ3) is 4.35. The monoisotopic (exact) mass is 349 g/mol. The molecule has 0 bridgehead atoms. The van der Waals surface area contributed by atoms with Gasteiger partial charge in [-0.15, -0.1) is 0 Å². The van der Waals surface area contributed by atoms with Gasteiger partial charge in [-0.2, -0.15) is 13.2 Å². The van der Waals surface area contributed by atoms with Gasteiger partial charge in [-0.05, 0) is 12.1 Å². The number of anilines is 1. The van der Waals surface area contributed by atoms with Gasteiger partial charge in [0.05, 0.1) is 10.5 Å². The highest BCUT2D eigenvalue weighted by atomic mass is 35.5. The molecule has 1 aliphatic rings. The third-order valence-electron chi connectivity index (χ3n) is 3.67. The first-order chi connectivity index (χ1) is 10.8. The average Bonchev–Trinajstić information content (AvgIpc) is 2.52. The Kier molecular flexibility index (Phi) is 5.48. The molecule has 126 valence electrons. The lowest BCUT2D eigenvalue weighted by Gasteiger charge is -2.35. The normalized spacial score (nSPS) is 17.0. The molecule has 9 heteroatoms. The smallest absolute Gasteiger partial charge is 0.363 e. The van der Waals surface area contributed by atoms with Gasteiger partial charge in [0, 0.05) is 44.3 Å². The lowest BCUT2D eigenvalue weighted by molar-refractivity contribution is -0.384. The molecule has 0 amide bonds. The summed E-state index contributed by atoms with van der Waals surface area (Å²) in [5, 5.41) is 11.1. The van der Waals surface area contributed by atoms with Crippen molar-refractivity contribution in [3.05, 3.63) is 45.5 Å². The second-order valence-corrected chi connectivity index (χ2v) is 5.36. The predicted octanol–water partition coefficient (Wildman–Crippen LogP) is 3.49. The molecule has 2 rings (SSSR count). The van der Waals surface area contributed by atoms with E-state index in [1.807, 2.05) is 0 Å². The first kappa shape index (κ1) is 17.6. The number of nitro groups is 1. The van der Waals surface area contributed by atoms with Gasteiger partial charge in [0.15, 0.2) is 0 Å². The van der Waals surface area contributed by atoms with E-state index in [9.17, 15) is 23.3 Å². The zero-order valence-corrected chi connectivity index (χ0v) is 12.8. The van der Waals surface area contributed by atoms with Gasteiger partial charge in [0.1, 0.15) is 5.69 Å². The fraction of sp³-hybridized carbons (Fsp3) is 0.429. The van der Waals surface area contributed by atoms with E-state index in [-0.39, 0.29) is 5.69 Å². The van der Waals surface area contributed by atoms with E-state index in [0.717, 1.165) is 6.07 Å². The molecule has 1 aliphatic heterocycles. The third-order valence-corrected chi connectivity index (χ3v) is 3.84. The molecular formula is C14H15ClF3N3O2. The van der Waals surface area contributed by atoms with Gasteiger partial charge in [0.2, 0.25) is 0 Å². The minimum absolute atomic E-state index is 0.218. The Bertz CT molecular complexity index is 599. The second-order valence-electron chi connectivity index (χ2n) is 5.11. The van der Waals surface area contributed by atoms with E-state index >= 15 is 0 Å². The van der Waals surface area contributed by atoms with E-state index in [2.05, 4.69) is 4.90 Å². The molecule has 0 unspecified atom stereocenters. The summed E-state index contributed by atoms with van der Waals surface area (Å²) in [4.78, 5) is 14.2. The van der Waals surface area contributed by atoms with Crippen LogP contribution in [0.5, 0.6) is 0 Å². The molecule has 0 aromatic heterocycles. The van der Waals surface area contributed by atoms with Crippen LogP contribution in [-0.2, 0) is 6.18 Å². The first-order valence-corrected chi connectivity index (χ1v) is 7.34. The fourth-order valence-electron chi connectivity index (χ4n) is 2.47. The molecule has 0 aliphatic carbocycles. The second kappa shape index (κ2) is 7.18. The highest BCUT2D eigenvalue weighted by molar-refractivity contribution is 6.25. The molecule has 0 radical (unpaired) electrons. The van der Waals surface area contributed by atoms with Crippen molar-refractivity contribution in [3.63, 3.8) is 0 Å². The van der Waals surface area contributed by atoms with Crippen molar-refractivity contribution in [1.82, 2.24) is 4.90 Å². The summed E-state index contributed by atoms with van der Waals surface area (Å²) >= 11 is 5.47. The number of piperazine rings is 1. The van der Waals surface area contributed by atoms with Crippen LogP contribution >= 0.6 is 11.6 Å². The summed E-state index contributed by atoms with van der Waals surface area (Å²) < 4.78 is 38.1. The molecule has 0 saturated carbocycles. The lowest BCUT2D eigenvalue weighted by atomic mass is 10.1. The van der Waals surface area contributed by atoms with Crippen molar-refractivity contribution in [2.45, 2.75) is 6.18 Å². The summed E-state index contributed by atoms with van der Waals surface area (Å²) in [5.41, 5.74) is 0.107. The van der Waals surface area contributed by atoms with Crippen LogP contribution in [0.4, 0.5) is 24.5 Å². The highest BCUT2D eigenvalue weighted by Gasteiger charge is 2.34. The largest absolute Gasteiger partial charge is 0.416 e. The van der Waals surface area contributed by atoms with Crippen LogP contribution in [0.15, 0.2) is 29.8 Å². The summed E-state index contributed by atoms with van der Waals surface area (Å²) in [6.07, 6.45) is -2.81. The lowest BCUT2D eigenvalue weighted by Crippen LogP contribution is -2.46. The molecule has 0 spiro atoms. The number of benzene rings is 1. The van der Waals surface area contributed by atoms with Crippen molar-refractivity contribution in [3.8, 4) is 0 Å². The van der Waals surface area contributed by atoms with E-state index in [1.165, 1.54) is 11.6 Å². The van der Waals surface area contributed by atoms with Gasteiger partial charge < -0.3 is 4.90 Å². The Balaban J connectivity index is 2.18. The number of halogens is 4. The van der Waals surface area contributed by atoms with Crippen LogP contribution < -0.4 is 4.90 Å². The van der Waals surface area contributed by atoms with Crippen LogP contribution in [0.25, 0.3) is 0 Å². The Hall–Kier alpha value is -1.80. The summed E-state index contributed by atoms with van der Waals surface area (Å²) in [6.45, 7) is 2.98. The molecule has 5 nitrogen and oxygen atoms in total. The number of nitrogens with zero attached hydrogens (tertiary/aromatic N) is 3. The molecule has 23 heavy (non-hydrogen) atoms. The van der Waals surface area contributed by atoms with Gasteiger partial charge >= 0.3 is 6.18 Å². The van der Waals surface area contributed by atoms with Crippen molar-refractivity contribution in [2.24, 2.45) is 0 Å². The van der Waals surface area contributed by atoms with Crippen LogP contribution in [0.1, 0.15) is 5.56 Å². The van der Waals surface area contributed by atoms with Crippen LogP contribution in [0.3, 0.4) is 0 Å². The minimum atomic E-state index is -4.60. The fourth-order valence-corrected chi connectivity index (χ4v) is 2.55. The van der Waals surface area contributed by atoms with Crippen molar-refractivity contribution >= 4 is 23.0 Å². The summed E-state index contributed by atoms with van der Waals surface area (Å²) in [5.74, 6) is 0. The first-order valence-electron chi connectivity index (χ1n) is 6.91. The van der Waals surface area contributed by atoms with E-state index in [1.54, 1.807) is 11.0 Å². The van der Waals surface area contributed by atoms with E-state index in [0.29, 0.717) is 38.8 Å². The van der Waals surface area contributed by atoms with Crippen molar-refractivity contribution < 1.29 is 18.1 Å². The molecule has 0 N–H and O–H groups in total. The highest BCUT2D eigenvalue weighted by Crippen LogP contribution is 2.36. The minimum Gasteiger partial charge on any atom is -0.363 e. The number of alkyl halides is 3. The van der Waals surface area contributed by atoms with Gasteiger partial charge in [-0.1, -0.05) is 17.7 Å². The SMILES string of the molecule is O=[N+]([O-])c1cc(C(F)(F)F)ccc1N1CCN(C/C=C/Cl)CC1. The van der Waals surface area contributed by atoms with Crippen LogP contribution in [0.2, 0.25) is 0 Å². The number of rotatable bonds is 4. The van der Waals surface area contributed by atoms with Crippen molar-refractivity contribution in [1.29, 1.82) is 0 Å². The van der Waals surface area contributed by atoms with Crippen LogP contribution in [0, 0.1) is 10.1 Å². The Morgan fingerprint density at radius 1 is 1.26 bits per heavy atom. The molecule has 1 fully saturated rings. The van der Waals surface area contributed by atoms with Gasteiger partial charge in [0.25, 0.3) is 5.69 Å². The van der Waals surface area contributed by atoms with Crippen molar-refractivity contribution in [2.75, 3.05) is 37.6 Å². The molecule has 1 heterocycles.